The first-order valence-corrected chi connectivity index (χ1v) is 14.0. The first-order chi connectivity index (χ1) is 19.9. The van der Waals surface area contributed by atoms with Crippen LogP contribution in [0.3, 0.4) is 0 Å². The lowest BCUT2D eigenvalue weighted by Crippen LogP contribution is -2.23. The van der Waals surface area contributed by atoms with E-state index in [-0.39, 0.29) is 0 Å². The maximum atomic E-state index is 12.9. The van der Waals surface area contributed by atoms with Gasteiger partial charge in [-0.1, -0.05) is 36.4 Å². The number of fused-ring (bicyclic) bond motifs is 1. The van der Waals surface area contributed by atoms with Crippen molar-refractivity contribution in [1.82, 2.24) is 4.98 Å². The molecule has 4 aromatic rings. The van der Waals surface area contributed by atoms with Gasteiger partial charge in [-0.15, -0.1) is 0 Å². The highest BCUT2D eigenvalue weighted by atomic mass is 32.2. The zero-order chi connectivity index (χ0) is 30.3. The number of esters is 1. The molecule has 3 aromatic carbocycles. The number of halogens is 4. The average Bonchev–Trinajstić information content (AvgIpc) is 2.95. The quantitative estimate of drug-likeness (QED) is 0.107. The van der Waals surface area contributed by atoms with Crippen LogP contribution in [0.15, 0.2) is 89.8 Å². The van der Waals surface area contributed by atoms with Gasteiger partial charge in [0.15, 0.2) is 0 Å². The fourth-order valence-electron chi connectivity index (χ4n) is 3.97. The maximum absolute atomic E-state index is 12.9. The molecular formula is C32H30F4N2O3S. The molecular weight excluding hydrogens is 568 g/mol. The fourth-order valence-corrected chi connectivity index (χ4v) is 4.61. The number of aryl methyl sites for hydroxylation is 1. The Balaban J connectivity index is 0.000000196. The van der Waals surface area contributed by atoms with Gasteiger partial charge in [-0.25, -0.2) is 9.78 Å². The second-order valence-corrected chi connectivity index (χ2v) is 11.3. The number of rotatable bonds is 5. The van der Waals surface area contributed by atoms with Crippen LogP contribution in [-0.2, 0) is 17.3 Å². The third kappa shape index (κ3) is 8.97. The van der Waals surface area contributed by atoms with Crippen LogP contribution < -0.4 is 9.46 Å². The second kappa shape index (κ2) is 13.3. The minimum absolute atomic E-state index is 0.357. The first kappa shape index (κ1) is 30.9. The monoisotopic (exact) mass is 598 g/mol. The Morgan fingerprint density at radius 3 is 2.36 bits per heavy atom. The predicted molar refractivity (Wildman–Crippen MR) is 156 cm³/mol. The minimum Gasteiger partial charge on any atom is -0.493 e. The van der Waals surface area contributed by atoms with E-state index in [4.69, 9.17) is 9.47 Å². The Hall–Kier alpha value is -4.05. The smallest absolute Gasteiger partial charge is 0.416 e. The molecule has 0 bridgehead atoms. The Labute approximate surface area is 246 Å². The topological polar surface area (TPSA) is 60.5 Å². The summed E-state index contributed by atoms with van der Waals surface area (Å²) in [6.45, 7) is 6.08. The molecule has 0 fully saturated rings. The second-order valence-electron chi connectivity index (χ2n) is 10.4. The molecule has 1 N–H and O–H groups in total. The summed E-state index contributed by atoms with van der Waals surface area (Å²) in [5.74, 6) is 0.501. The molecule has 0 spiro atoms. The normalized spacial score (nSPS) is 12.7. The average molecular weight is 599 g/mol. The molecule has 0 radical (unpaired) electrons. The van der Waals surface area contributed by atoms with Gasteiger partial charge in [-0.05, 0) is 111 Å². The number of hydrogen-bond donors (Lipinski definition) is 1. The lowest BCUT2D eigenvalue weighted by molar-refractivity contribution is -0.137. The van der Waals surface area contributed by atoms with Crippen molar-refractivity contribution in [2.45, 2.75) is 50.3 Å². The molecule has 10 heteroatoms. The molecule has 5 nitrogen and oxygen atoms in total. The standard InChI is InChI=1S/C18H17F3O2.C14H13FN2OS/c1-17(2,3)23-16(22)13-9-7-12(8-10-13)14-5-4-6-15(11-14)18(19,20)21;15-13-4-1-5-14(16-13)17-19-11-7-6-10-3-2-8-18-12(10)9-11/h4-11H,1-3H3;1,4-7,9H,2-3,8H2,(H,16,17). The molecule has 2 heterocycles. The number of hydrogen-bond acceptors (Lipinski definition) is 6. The summed E-state index contributed by atoms with van der Waals surface area (Å²) in [4.78, 5) is 16.7. The van der Waals surface area contributed by atoms with Crippen molar-refractivity contribution in [2.75, 3.05) is 11.3 Å². The van der Waals surface area contributed by atoms with Crippen LogP contribution in [0.1, 0.15) is 48.7 Å². The van der Waals surface area contributed by atoms with Crippen molar-refractivity contribution in [3.63, 3.8) is 0 Å². The number of alkyl halides is 3. The van der Waals surface area contributed by atoms with E-state index >= 15 is 0 Å². The molecule has 42 heavy (non-hydrogen) atoms. The number of aromatic nitrogens is 1. The van der Waals surface area contributed by atoms with E-state index in [1.54, 1.807) is 63.2 Å². The Kier molecular flexibility index (Phi) is 9.78. The lowest BCUT2D eigenvalue weighted by Gasteiger charge is -2.19. The Morgan fingerprint density at radius 2 is 1.67 bits per heavy atom. The zero-order valence-electron chi connectivity index (χ0n) is 23.3. The third-order valence-corrected chi connectivity index (χ3v) is 6.72. The van der Waals surface area contributed by atoms with Crippen LogP contribution >= 0.6 is 11.9 Å². The van der Waals surface area contributed by atoms with Crippen molar-refractivity contribution in [2.24, 2.45) is 0 Å². The van der Waals surface area contributed by atoms with Crippen molar-refractivity contribution >= 4 is 23.7 Å². The molecule has 0 aliphatic carbocycles. The number of nitrogens with one attached hydrogen (secondary N) is 1. The Bertz CT molecular complexity index is 1520. The van der Waals surface area contributed by atoms with Gasteiger partial charge in [-0.2, -0.15) is 17.6 Å². The van der Waals surface area contributed by atoms with Gasteiger partial charge in [0.1, 0.15) is 17.2 Å². The number of benzene rings is 3. The number of anilines is 1. The maximum Gasteiger partial charge on any atom is 0.416 e. The highest BCUT2D eigenvalue weighted by Crippen LogP contribution is 2.33. The summed E-state index contributed by atoms with van der Waals surface area (Å²) in [5.41, 5.74) is 1.34. The van der Waals surface area contributed by atoms with Gasteiger partial charge in [0, 0.05) is 4.90 Å². The van der Waals surface area contributed by atoms with Crippen LogP contribution in [0.2, 0.25) is 0 Å². The van der Waals surface area contributed by atoms with E-state index in [9.17, 15) is 22.4 Å². The molecule has 1 aromatic heterocycles. The molecule has 0 unspecified atom stereocenters. The molecule has 220 valence electrons. The highest BCUT2D eigenvalue weighted by Gasteiger charge is 2.30. The van der Waals surface area contributed by atoms with Gasteiger partial charge in [-0.3, -0.25) is 0 Å². The molecule has 0 saturated carbocycles. The van der Waals surface area contributed by atoms with Crippen LogP contribution in [-0.4, -0.2) is 23.2 Å². The predicted octanol–water partition coefficient (Wildman–Crippen LogP) is 8.99. The molecule has 0 amide bonds. The number of carbonyl (C=O) groups excluding carboxylic acids is 1. The van der Waals surface area contributed by atoms with E-state index in [2.05, 4.69) is 15.8 Å². The van der Waals surface area contributed by atoms with Crippen molar-refractivity contribution in [3.8, 4) is 16.9 Å². The molecule has 1 aliphatic heterocycles. The van der Waals surface area contributed by atoms with Crippen LogP contribution in [0.25, 0.3) is 11.1 Å². The number of nitrogens with zero attached hydrogens (tertiary/aromatic N) is 1. The molecule has 5 rings (SSSR count). The SMILES string of the molecule is CC(C)(C)OC(=O)c1ccc(-c2cccc(C(F)(F)F)c2)cc1.Fc1cccc(NSc2ccc3c(c2)OCCC3)n1. The van der Waals surface area contributed by atoms with Gasteiger partial charge in [0.25, 0.3) is 0 Å². The van der Waals surface area contributed by atoms with E-state index in [1.165, 1.54) is 29.6 Å². The molecule has 1 aliphatic rings. The van der Waals surface area contributed by atoms with E-state index in [0.29, 0.717) is 22.5 Å². The molecule has 0 atom stereocenters. The van der Waals surface area contributed by atoms with Crippen molar-refractivity contribution in [3.05, 3.63) is 108 Å². The van der Waals surface area contributed by atoms with E-state index in [0.717, 1.165) is 42.2 Å². The van der Waals surface area contributed by atoms with Gasteiger partial charge in [0.05, 0.1) is 17.7 Å². The van der Waals surface area contributed by atoms with E-state index < -0.39 is 29.3 Å². The minimum atomic E-state index is -4.38. The molecule has 0 saturated heterocycles. The fraction of sp³-hybridized carbons (Fsp3) is 0.250. The van der Waals surface area contributed by atoms with Gasteiger partial charge in [0.2, 0.25) is 5.95 Å². The van der Waals surface area contributed by atoms with E-state index in [1.807, 2.05) is 12.1 Å². The summed E-state index contributed by atoms with van der Waals surface area (Å²) in [5, 5.41) is 0. The van der Waals surface area contributed by atoms with Gasteiger partial charge >= 0.3 is 12.1 Å². The number of carbonyl (C=O) groups is 1. The lowest BCUT2D eigenvalue weighted by atomic mass is 10.0. The number of pyridine rings is 1. The summed E-state index contributed by atoms with van der Waals surface area (Å²) in [6.07, 6.45) is -2.24. The van der Waals surface area contributed by atoms with Crippen molar-refractivity contribution in [1.29, 1.82) is 0 Å². The zero-order valence-corrected chi connectivity index (χ0v) is 24.1. The van der Waals surface area contributed by atoms with Gasteiger partial charge < -0.3 is 14.2 Å². The van der Waals surface area contributed by atoms with Crippen molar-refractivity contribution < 1.29 is 31.8 Å². The summed E-state index contributed by atoms with van der Waals surface area (Å²) < 4.78 is 65.1. The van der Waals surface area contributed by atoms with Crippen LogP contribution in [0.4, 0.5) is 23.4 Å². The third-order valence-electron chi connectivity index (χ3n) is 5.92. The summed E-state index contributed by atoms with van der Waals surface area (Å²) in [6, 6.07) is 22.2. The van der Waals surface area contributed by atoms with Crippen LogP contribution in [0.5, 0.6) is 5.75 Å². The summed E-state index contributed by atoms with van der Waals surface area (Å²) in [7, 11) is 0. The van der Waals surface area contributed by atoms with Crippen LogP contribution in [0, 0.1) is 5.95 Å². The first-order valence-electron chi connectivity index (χ1n) is 13.2. The highest BCUT2D eigenvalue weighted by molar-refractivity contribution is 8.00. The largest absolute Gasteiger partial charge is 0.493 e. The Morgan fingerprint density at radius 1 is 0.929 bits per heavy atom. The number of ether oxygens (including phenoxy) is 2. The summed E-state index contributed by atoms with van der Waals surface area (Å²) >= 11 is 1.40.